The van der Waals surface area contributed by atoms with Gasteiger partial charge in [0, 0.05) is 42.3 Å². The van der Waals surface area contributed by atoms with E-state index in [0.717, 1.165) is 60.3 Å². The Morgan fingerprint density at radius 1 is 0.967 bits per heavy atom. The summed E-state index contributed by atoms with van der Waals surface area (Å²) in [6.45, 7) is 3.21. The second-order valence-corrected chi connectivity index (χ2v) is 6.83. The lowest BCUT2D eigenvalue weighted by atomic mass is 10.2. The molecule has 0 amide bonds. The molecule has 150 valence electrons. The maximum atomic E-state index is 5.44. The zero-order chi connectivity index (χ0) is 20.2. The zero-order valence-electron chi connectivity index (χ0n) is 16.2. The van der Waals surface area contributed by atoms with Crippen LogP contribution in [-0.2, 0) is 4.74 Å². The summed E-state index contributed by atoms with van der Waals surface area (Å²) >= 11 is 0. The van der Waals surface area contributed by atoms with Crippen LogP contribution in [0.5, 0.6) is 0 Å². The quantitative estimate of drug-likeness (QED) is 0.527. The van der Waals surface area contributed by atoms with E-state index in [1.165, 1.54) is 6.33 Å². The Morgan fingerprint density at radius 3 is 2.63 bits per heavy atom. The number of nitrogens with one attached hydrogen (secondary N) is 2. The summed E-state index contributed by atoms with van der Waals surface area (Å²) in [5, 5.41) is 9.98. The minimum Gasteiger partial charge on any atom is -0.378 e. The van der Waals surface area contributed by atoms with Crippen LogP contribution in [0.25, 0.3) is 22.6 Å². The van der Waals surface area contributed by atoms with Crippen molar-refractivity contribution < 1.29 is 4.74 Å². The van der Waals surface area contributed by atoms with Gasteiger partial charge >= 0.3 is 0 Å². The molecule has 0 unspecified atom stereocenters. The molecule has 0 atom stereocenters. The van der Waals surface area contributed by atoms with Crippen LogP contribution >= 0.6 is 0 Å². The van der Waals surface area contributed by atoms with Crippen LogP contribution in [0.2, 0.25) is 0 Å². The number of hydrogen-bond acceptors (Lipinski definition) is 8. The number of aromatic amines is 1. The Bertz CT molecular complexity index is 1110. The number of ether oxygens (including phenoxy) is 1. The summed E-state index contributed by atoms with van der Waals surface area (Å²) in [6, 6.07) is 11.8. The lowest BCUT2D eigenvalue weighted by molar-refractivity contribution is 0.122. The smallest absolute Gasteiger partial charge is 0.227 e. The van der Waals surface area contributed by atoms with Gasteiger partial charge in [0.15, 0.2) is 5.82 Å². The van der Waals surface area contributed by atoms with Gasteiger partial charge in [-0.1, -0.05) is 0 Å². The Kier molecular flexibility index (Phi) is 5.01. The molecule has 1 saturated heterocycles. The lowest BCUT2D eigenvalue weighted by Gasteiger charge is -2.28. The largest absolute Gasteiger partial charge is 0.378 e. The van der Waals surface area contributed by atoms with Crippen molar-refractivity contribution in [1.82, 2.24) is 30.1 Å². The van der Waals surface area contributed by atoms with Crippen molar-refractivity contribution in [3.8, 4) is 22.6 Å². The third kappa shape index (κ3) is 3.96. The second-order valence-electron chi connectivity index (χ2n) is 6.83. The monoisotopic (exact) mass is 400 g/mol. The fourth-order valence-corrected chi connectivity index (χ4v) is 3.33. The predicted molar refractivity (Wildman–Crippen MR) is 113 cm³/mol. The van der Waals surface area contributed by atoms with Crippen LogP contribution in [-0.4, -0.2) is 56.4 Å². The molecule has 0 aliphatic carbocycles. The van der Waals surface area contributed by atoms with Gasteiger partial charge in [0.05, 0.1) is 30.8 Å². The van der Waals surface area contributed by atoms with Crippen LogP contribution in [0.15, 0.2) is 61.3 Å². The predicted octanol–water partition coefficient (Wildman–Crippen LogP) is 2.90. The first-order valence-electron chi connectivity index (χ1n) is 9.69. The molecule has 0 saturated carbocycles. The van der Waals surface area contributed by atoms with Crippen molar-refractivity contribution >= 4 is 17.3 Å². The van der Waals surface area contributed by atoms with Crippen LogP contribution in [0.3, 0.4) is 0 Å². The molecule has 9 heteroatoms. The van der Waals surface area contributed by atoms with Crippen LogP contribution < -0.4 is 10.2 Å². The number of aromatic nitrogens is 6. The molecule has 5 rings (SSSR count). The van der Waals surface area contributed by atoms with Gasteiger partial charge in [-0.25, -0.2) is 15.0 Å². The number of hydrogen-bond donors (Lipinski definition) is 2. The summed E-state index contributed by atoms with van der Waals surface area (Å²) in [4.78, 5) is 19.8. The molecule has 1 aliphatic heterocycles. The summed E-state index contributed by atoms with van der Waals surface area (Å²) < 4.78 is 5.44. The summed E-state index contributed by atoms with van der Waals surface area (Å²) in [6.07, 6.45) is 6.94. The van der Waals surface area contributed by atoms with Gasteiger partial charge < -0.3 is 15.0 Å². The van der Waals surface area contributed by atoms with Gasteiger partial charge in [-0.3, -0.25) is 10.1 Å². The maximum Gasteiger partial charge on any atom is 0.227 e. The first kappa shape index (κ1) is 18.2. The van der Waals surface area contributed by atoms with Crippen LogP contribution in [0.4, 0.5) is 17.3 Å². The maximum absolute atomic E-state index is 5.44. The van der Waals surface area contributed by atoms with Gasteiger partial charge in [-0.15, -0.1) is 0 Å². The molecule has 4 aromatic rings. The Morgan fingerprint density at radius 2 is 1.83 bits per heavy atom. The highest BCUT2D eigenvalue weighted by molar-refractivity contribution is 5.66. The highest BCUT2D eigenvalue weighted by Crippen LogP contribution is 2.24. The summed E-state index contributed by atoms with van der Waals surface area (Å²) in [5.74, 6) is 1.25. The molecule has 2 N–H and O–H groups in total. The SMILES string of the molecule is c1cc(-c2cncc(N3CCOCC3)c2)nc(Nc2ccc(-c3ncn[nH]3)cc2)n1. The van der Waals surface area contributed by atoms with E-state index in [2.05, 4.69) is 46.4 Å². The van der Waals surface area contributed by atoms with E-state index in [-0.39, 0.29) is 0 Å². The molecular weight excluding hydrogens is 380 g/mol. The van der Waals surface area contributed by atoms with E-state index in [1.807, 2.05) is 42.7 Å². The molecule has 3 aromatic heterocycles. The Hall–Kier alpha value is -3.85. The number of anilines is 3. The van der Waals surface area contributed by atoms with Gasteiger partial charge in [0.2, 0.25) is 5.95 Å². The van der Waals surface area contributed by atoms with Crippen molar-refractivity contribution in [3.63, 3.8) is 0 Å². The highest BCUT2D eigenvalue weighted by Gasteiger charge is 2.13. The topological polar surface area (TPSA) is 105 Å². The number of nitrogens with zero attached hydrogens (tertiary/aromatic N) is 6. The molecular formula is C21H20N8O. The first-order valence-corrected chi connectivity index (χ1v) is 9.69. The van der Waals surface area contributed by atoms with Crippen molar-refractivity contribution in [2.24, 2.45) is 0 Å². The number of morpholine rings is 1. The van der Waals surface area contributed by atoms with E-state index in [0.29, 0.717) is 5.95 Å². The van der Waals surface area contributed by atoms with Crippen molar-refractivity contribution in [3.05, 3.63) is 61.3 Å². The fourth-order valence-electron chi connectivity index (χ4n) is 3.33. The summed E-state index contributed by atoms with van der Waals surface area (Å²) in [5.41, 5.74) is 4.68. The van der Waals surface area contributed by atoms with Gasteiger partial charge in [0.25, 0.3) is 0 Å². The fraction of sp³-hybridized carbons (Fsp3) is 0.190. The number of rotatable bonds is 5. The number of H-pyrrole nitrogens is 1. The minimum absolute atomic E-state index is 0.525. The molecule has 30 heavy (non-hydrogen) atoms. The Labute approximate surface area is 173 Å². The molecule has 0 radical (unpaired) electrons. The van der Waals surface area contributed by atoms with E-state index in [4.69, 9.17) is 4.74 Å². The first-order chi connectivity index (χ1) is 14.8. The van der Waals surface area contributed by atoms with E-state index in [1.54, 1.807) is 6.20 Å². The summed E-state index contributed by atoms with van der Waals surface area (Å²) in [7, 11) is 0. The third-order valence-electron chi connectivity index (χ3n) is 4.88. The van der Waals surface area contributed by atoms with Gasteiger partial charge in [-0.05, 0) is 36.4 Å². The molecule has 1 aliphatic rings. The molecule has 9 nitrogen and oxygen atoms in total. The van der Waals surface area contributed by atoms with Crippen molar-refractivity contribution in [2.75, 3.05) is 36.5 Å². The number of benzene rings is 1. The van der Waals surface area contributed by atoms with Crippen LogP contribution in [0, 0.1) is 0 Å². The molecule has 0 spiro atoms. The number of pyridine rings is 1. The van der Waals surface area contributed by atoms with E-state index in [9.17, 15) is 0 Å². The Balaban J connectivity index is 1.34. The second kappa shape index (κ2) is 8.26. The zero-order valence-corrected chi connectivity index (χ0v) is 16.2. The average molecular weight is 400 g/mol. The molecule has 4 heterocycles. The van der Waals surface area contributed by atoms with Gasteiger partial charge in [-0.2, -0.15) is 5.10 Å². The lowest BCUT2D eigenvalue weighted by Crippen LogP contribution is -2.36. The minimum atomic E-state index is 0.525. The molecule has 1 aromatic carbocycles. The average Bonchev–Trinajstić information content (AvgIpc) is 3.36. The standard InChI is InChI=1S/C21H20N8O/c1-3-17(4-2-15(1)20-24-14-25-28-20)26-21-23-6-5-19(27-21)16-11-18(13-22-12-16)29-7-9-30-10-8-29/h1-6,11-14H,7-10H2,(H,23,26,27)(H,24,25,28). The molecule has 0 bridgehead atoms. The van der Waals surface area contributed by atoms with Crippen molar-refractivity contribution in [2.45, 2.75) is 0 Å². The van der Waals surface area contributed by atoms with Crippen LogP contribution in [0.1, 0.15) is 0 Å². The highest BCUT2D eigenvalue weighted by atomic mass is 16.5. The van der Waals surface area contributed by atoms with Gasteiger partial charge in [0.1, 0.15) is 6.33 Å². The van der Waals surface area contributed by atoms with Crippen molar-refractivity contribution in [1.29, 1.82) is 0 Å². The normalized spacial score (nSPS) is 13.9. The molecule has 1 fully saturated rings. The van der Waals surface area contributed by atoms with E-state index >= 15 is 0 Å². The van der Waals surface area contributed by atoms with E-state index < -0.39 is 0 Å². The third-order valence-corrected chi connectivity index (χ3v) is 4.88.